The smallest absolute Gasteiger partial charge is 0.419 e. The van der Waals surface area contributed by atoms with Crippen molar-refractivity contribution in [2.24, 2.45) is 0 Å². The number of esters is 1. The molecule has 1 unspecified atom stereocenters. The van der Waals surface area contributed by atoms with Gasteiger partial charge in [-0.1, -0.05) is 18.2 Å². The van der Waals surface area contributed by atoms with Crippen molar-refractivity contribution in [2.45, 2.75) is 13.0 Å². The van der Waals surface area contributed by atoms with Gasteiger partial charge >= 0.3 is 12.1 Å². The molecule has 1 aliphatic heterocycles. The molecule has 1 aromatic carbocycles. The fraction of sp³-hybridized carbons (Fsp3) is 0.235. The highest BCUT2D eigenvalue weighted by atomic mass is 16.6. The lowest BCUT2D eigenvalue weighted by molar-refractivity contribution is 0.0235. The zero-order chi connectivity index (χ0) is 16.8. The molecule has 7 nitrogen and oxygen atoms in total. The third kappa shape index (κ3) is 1.85. The van der Waals surface area contributed by atoms with Crippen LogP contribution in [0.15, 0.2) is 30.5 Å². The molecule has 2 aromatic heterocycles. The first-order valence-corrected chi connectivity index (χ1v) is 7.58. The molecule has 1 N–H and O–H groups in total. The van der Waals surface area contributed by atoms with E-state index in [1.165, 1.54) is 10.8 Å². The average Bonchev–Trinajstić information content (AvgIpc) is 3.10. The number of pyridine rings is 1. The minimum atomic E-state index is -0.787. The van der Waals surface area contributed by atoms with Gasteiger partial charge in [0.05, 0.1) is 30.4 Å². The van der Waals surface area contributed by atoms with Crippen LogP contribution in [0.5, 0.6) is 0 Å². The summed E-state index contributed by atoms with van der Waals surface area (Å²) in [5, 5.41) is 11.0. The van der Waals surface area contributed by atoms with Gasteiger partial charge in [-0.15, -0.1) is 0 Å². The van der Waals surface area contributed by atoms with Crippen LogP contribution in [0.2, 0.25) is 0 Å². The molecule has 1 atom stereocenters. The lowest BCUT2D eigenvalue weighted by Gasteiger charge is -2.08. The Labute approximate surface area is 136 Å². The summed E-state index contributed by atoms with van der Waals surface area (Å²) < 4.78 is 11.8. The van der Waals surface area contributed by atoms with E-state index in [9.17, 15) is 14.7 Å². The van der Waals surface area contributed by atoms with E-state index in [1.54, 1.807) is 13.0 Å². The van der Waals surface area contributed by atoms with Gasteiger partial charge in [0.1, 0.15) is 0 Å². The number of cyclic esters (lactones) is 1. The molecule has 3 aromatic rings. The van der Waals surface area contributed by atoms with Crippen LogP contribution < -0.4 is 0 Å². The fourth-order valence-electron chi connectivity index (χ4n) is 3.21. The van der Waals surface area contributed by atoms with Crippen LogP contribution in [0.3, 0.4) is 0 Å². The van der Waals surface area contributed by atoms with E-state index in [2.05, 4.69) is 4.98 Å². The summed E-state index contributed by atoms with van der Waals surface area (Å²) in [5.74, 6) is -0.570. The zero-order valence-corrected chi connectivity index (χ0v) is 12.9. The molecule has 0 spiro atoms. The van der Waals surface area contributed by atoms with Crippen molar-refractivity contribution in [3.8, 4) is 0 Å². The molecule has 0 radical (unpaired) electrons. The van der Waals surface area contributed by atoms with E-state index in [1.807, 2.05) is 18.2 Å². The predicted octanol–water partition coefficient (Wildman–Crippen LogP) is 2.40. The van der Waals surface area contributed by atoms with Crippen LogP contribution in [0.1, 0.15) is 29.1 Å². The number of aliphatic hydroxyl groups is 1. The Morgan fingerprint density at radius 3 is 2.92 bits per heavy atom. The Morgan fingerprint density at radius 2 is 2.17 bits per heavy atom. The number of nitrogens with zero attached hydrogens (tertiary/aromatic N) is 2. The number of rotatable bonds is 2. The van der Waals surface area contributed by atoms with Crippen molar-refractivity contribution in [1.29, 1.82) is 0 Å². The molecule has 24 heavy (non-hydrogen) atoms. The number of carbonyl (C=O) groups is 2. The lowest BCUT2D eigenvalue weighted by Crippen LogP contribution is -2.13. The van der Waals surface area contributed by atoms with Gasteiger partial charge in [-0.05, 0) is 13.0 Å². The van der Waals surface area contributed by atoms with E-state index < -0.39 is 18.2 Å². The van der Waals surface area contributed by atoms with Gasteiger partial charge in [0.2, 0.25) is 0 Å². The van der Waals surface area contributed by atoms with E-state index >= 15 is 0 Å². The Morgan fingerprint density at radius 1 is 1.38 bits per heavy atom. The number of fused-ring (bicyclic) bond motifs is 5. The standard InChI is InChI=1S/C17H14N2O5/c1-2-23-17(22)19-10-6-4-3-5-9(10)13-11(19)7-18-15-14(13)12(8-20)24-16(15)21/h3-7,12,20H,2,8H2,1H3. The maximum atomic E-state index is 12.4. The normalized spacial score (nSPS) is 16.4. The van der Waals surface area contributed by atoms with Crippen molar-refractivity contribution in [3.63, 3.8) is 0 Å². The molecule has 1 aliphatic rings. The maximum Gasteiger partial charge on any atom is 0.419 e. The molecule has 0 saturated carbocycles. The second-order valence-electron chi connectivity index (χ2n) is 5.41. The maximum absolute atomic E-state index is 12.4. The lowest BCUT2D eigenvalue weighted by atomic mass is 10.0. The number of carbonyl (C=O) groups excluding carboxylic acids is 2. The van der Waals surface area contributed by atoms with Crippen molar-refractivity contribution in [1.82, 2.24) is 9.55 Å². The first-order valence-electron chi connectivity index (χ1n) is 7.58. The number of hydrogen-bond donors (Lipinski definition) is 1. The summed E-state index contributed by atoms with van der Waals surface area (Å²) in [6.07, 6.45) is 0.160. The Bertz CT molecular complexity index is 991. The van der Waals surface area contributed by atoms with Crippen LogP contribution in [-0.4, -0.2) is 39.9 Å². The van der Waals surface area contributed by atoms with Gasteiger partial charge in [-0.2, -0.15) is 0 Å². The number of aliphatic hydroxyl groups excluding tert-OH is 1. The molecule has 0 bridgehead atoms. The van der Waals surface area contributed by atoms with Crippen LogP contribution >= 0.6 is 0 Å². The first kappa shape index (κ1) is 14.6. The first-order chi connectivity index (χ1) is 11.7. The highest BCUT2D eigenvalue weighted by molar-refractivity contribution is 6.16. The largest absolute Gasteiger partial charge is 0.450 e. The molecule has 0 aliphatic carbocycles. The number of benzene rings is 1. The van der Waals surface area contributed by atoms with Crippen LogP contribution in [0, 0.1) is 0 Å². The van der Waals surface area contributed by atoms with E-state index in [4.69, 9.17) is 9.47 Å². The Kier molecular flexibility index (Phi) is 3.24. The second-order valence-corrected chi connectivity index (χ2v) is 5.41. The molecular weight excluding hydrogens is 312 g/mol. The van der Waals surface area contributed by atoms with E-state index in [0.29, 0.717) is 22.0 Å². The van der Waals surface area contributed by atoms with Crippen molar-refractivity contribution >= 4 is 33.9 Å². The average molecular weight is 326 g/mol. The molecule has 122 valence electrons. The number of hydrogen-bond acceptors (Lipinski definition) is 6. The summed E-state index contributed by atoms with van der Waals surface area (Å²) in [5.41, 5.74) is 1.86. The van der Waals surface area contributed by atoms with Crippen LogP contribution in [-0.2, 0) is 9.47 Å². The second kappa shape index (κ2) is 5.31. The van der Waals surface area contributed by atoms with Gasteiger partial charge in [0.25, 0.3) is 0 Å². The van der Waals surface area contributed by atoms with Gasteiger partial charge < -0.3 is 14.6 Å². The molecular formula is C17H14N2O5. The highest BCUT2D eigenvalue weighted by Gasteiger charge is 2.36. The van der Waals surface area contributed by atoms with E-state index in [-0.39, 0.29) is 18.9 Å². The molecule has 3 heterocycles. The topological polar surface area (TPSA) is 90.7 Å². The van der Waals surface area contributed by atoms with Gasteiger partial charge in [-0.3, -0.25) is 0 Å². The van der Waals surface area contributed by atoms with Gasteiger partial charge in [0, 0.05) is 16.3 Å². The van der Waals surface area contributed by atoms with Crippen LogP contribution in [0.25, 0.3) is 21.8 Å². The van der Waals surface area contributed by atoms with Crippen molar-refractivity contribution in [2.75, 3.05) is 13.2 Å². The number of ether oxygens (including phenoxy) is 2. The Balaban J connectivity index is 2.15. The van der Waals surface area contributed by atoms with Gasteiger partial charge in [0.15, 0.2) is 11.8 Å². The predicted molar refractivity (Wildman–Crippen MR) is 84.9 cm³/mol. The third-order valence-electron chi connectivity index (χ3n) is 4.13. The SMILES string of the molecule is CCOC(=O)n1c2ccccc2c2c3c(ncc21)C(=O)OC3CO. The number of aromatic nitrogens is 2. The fourth-order valence-corrected chi connectivity index (χ4v) is 3.21. The molecule has 0 fully saturated rings. The van der Waals surface area contributed by atoms with Crippen molar-refractivity contribution in [3.05, 3.63) is 41.7 Å². The van der Waals surface area contributed by atoms with Crippen molar-refractivity contribution < 1.29 is 24.2 Å². The van der Waals surface area contributed by atoms with E-state index in [0.717, 1.165) is 5.39 Å². The summed E-state index contributed by atoms with van der Waals surface area (Å²) in [6, 6.07) is 7.31. The molecule has 4 rings (SSSR count). The summed E-state index contributed by atoms with van der Waals surface area (Å²) >= 11 is 0. The summed E-state index contributed by atoms with van der Waals surface area (Å²) in [4.78, 5) is 28.5. The minimum absolute atomic E-state index is 0.174. The van der Waals surface area contributed by atoms with Crippen LogP contribution in [0.4, 0.5) is 4.79 Å². The number of para-hydroxylation sites is 1. The monoisotopic (exact) mass is 326 g/mol. The summed E-state index contributed by atoms with van der Waals surface area (Å²) in [7, 11) is 0. The third-order valence-corrected chi connectivity index (χ3v) is 4.13. The highest BCUT2D eigenvalue weighted by Crippen LogP contribution is 2.39. The molecule has 7 heteroatoms. The molecule has 0 saturated heterocycles. The quantitative estimate of drug-likeness (QED) is 0.727. The summed E-state index contributed by atoms with van der Waals surface area (Å²) in [6.45, 7) is 1.63. The Hall–Kier alpha value is -2.93. The minimum Gasteiger partial charge on any atom is -0.450 e. The zero-order valence-electron chi connectivity index (χ0n) is 12.9. The van der Waals surface area contributed by atoms with Gasteiger partial charge in [-0.25, -0.2) is 19.1 Å². The molecule has 0 amide bonds.